The third-order valence-corrected chi connectivity index (χ3v) is 3.85. The molecule has 0 bridgehead atoms. The van der Waals surface area contributed by atoms with Gasteiger partial charge in [-0.25, -0.2) is 4.79 Å². The van der Waals surface area contributed by atoms with Gasteiger partial charge in [0, 0.05) is 17.7 Å². The van der Waals surface area contributed by atoms with Crippen LogP contribution in [0.5, 0.6) is 0 Å². The van der Waals surface area contributed by atoms with Crippen LogP contribution in [0.2, 0.25) is 0 Å². The molecule has 1 aromatic heterocycles. The molecular weight excluding hydrogens is 348 g/mol. The van der Waals surface area contributed by atoms with Crippen LogP contribution in [0.15, 0.2) is 65.1 Å². The van der Waals surface area contributed by atoms with Gasteiger partial charge in [0.05, 0.1) is 22.1 Å². The maximum Gasteiger partial charge on any atom is 0.336 e. The van der Waals surface area contributed by atoms with Crippen molar-refractivity contribution in [3.05, 3.63) is 87.7 Å². The lowest BCUT2D eigenvalue weighted by atomic mass is 10.1. The van der Waals surface area contributed by atoms with Crippen LogP contribution < -0.4 is 0 Å². The monoisotopic (exact) mass is 360 g/mol. The van der Waals surface area contributed by atoms with Gasteiger partial charge in [0.1, 0.15) is 11.5 Å². The number of rotatable bonds is 5. The number of nitrogens with zero attached hydrogens (tertiary/aromatic N) is 2. The van der Waals surface area contributed by atoms with Crippen LogP contribution in [0.3, 0.4) is 0 Å². The first-order valence-electron chi connectivity index (χ1n) is 7.79. The van der Waals surface area contributed by atoms with Crippen molar-refractivity contribution in [1.82, 2.24) is 0 Å². The molecule has 7 nitrogen and oxygen atoms in total. The number of aromatic carboxylic acids is 1. The van der Waals surface area contributed by atoms with Crippen LogP contribution in [0.4, 0.5) is 5.69 Å². The minimum absolute atomic E-state index is 0.0680. The molecule has 0 saturated carbocycles. The first-order valence-corrected chi connectivity index (χ1v) is 7.79. The van der Waals surface area contributed by atoms with Crippen LogP contribution in [0.1, 0.15) is 21.7 Å². The maximum atomic E-state index is 11.3. The van der Waals surface area contributed by atoms with E-state index < -0.39 is 10.9 Å². The summed E-state index contributed by atoms with van der Waals surface area (Å²) in [5.74, 6) is -0.344. The van der Waals surface area contributed by atoms with Crippen molar-refractivity contribution in [2.45, 2.75) is 0 Å². The van der Waals surface area contributed by atoms with Gasteiger partial charge in [0.25, 0.3) is 5.69 Å². The predicted molar refractivity (Wildman–Crippen MR) is 97.7 cm³/mol. The molecule has 0 atom stereocenters. The highest BCUT2D eigenvalue weighted by atomic mass is 16.6. The molecule has 0 saturated heterocycles. The van der Waals surface area contributed by atoms with E-state index in [1.54, 1.807) is 30.3 Å². The van der Waals surface area contributed by atoms with E-state index in [0.29, 0.717) is 22.6 Å². The largest absolute Gasteiger partial charge is 0.478 e. The highest BCUT2D eigenvalue weighted by molar-refractivity contribution is 5.95. The average molecular weight is 360 g/mol. The molecule has 2 aromatic carbocycles. The van der Waals surface area contributed by atoms with Crippen LogP contribution in [-0.2, 0) is 0 Å². The van der Waals surface area contributed by atoms with Crippen LogP contribution >= 0.6 is 0 Å². The summed E-state index contributed by atoms with van der Waals surface area (Å²) in [6.45, 7) is 0. The number of allylic oxidation sites excluding steroid dienone is 1. The summed E-state index contributed by atoms with van der Waals surface area (Å²) in [5.41, 5.74) is 1.24. The molecule has 132 valence electrons. The molecule has 0 aliphatic heterocycles. The zero-order valence-corrected chi connectivity index (χ0v) is 13.8. The Bertz CT molecular complexity index is 1090. The molecule has 0 amide bonds. The van der Waals surface area contributed by atoms with Crippen LogP contribution in [0.25, 0.3) is 23.0 Å². The summed E-state index contributed by atoms with van der Waals surface area (Å²) in [4.78, 5) is 21.6. The number of hydrogen-bond acceptors (Lipinski definition) is 5. The fraction of sp³-hybridized carbons (Fsp3) is 0. The molecule has 0 spiro atoms. The lowest BCUT2D eigenvalue weighted by molar-refractivity contribution is -0.384. The van der Waals surface area contributed by atoms with Crippen LogP contribution in [0, 0.1) is 21.4 Å². The standard InChI is InChI=1S/C20H12N2O5/c21-12-14(13-5-7-15(8-6-13)22(25)26)11-16-9-10-19(27-16)17-3-1-2-4-18(17)20(23)24/h1-11H,(H,23,24)/b14-11-. The van der Waals surface area contributed by atoms with E-state index in [9.17, 15) is 25.3 Å². The first kappa shape index (κ1) is 17.6. The summed E-state index contributed by atoms with van der Waals surface area (Å²) in [5, 5.41) is 29.4. The Kier molecular flexibility index (Phi) is 4.82. The van der Waals surface area contributed by atoms with Crippen molar-refractivity contribution in [1.29, 1.82) is 5.26 Å². The SMILES string of the molecule is N#C/C(=C/c1ccc(-c2ccccc2C(=O)O)o1)c1ccc([N+](=O)[O-])cc1. The lowest BCUT2D eigenvalue weighted by Crippen LogP contribution is -1.98. The van der Waals surface area contributed by atoms with Crippen molar-refractivity contribution in [2.24, 2.45) is 0 Å². The third-order valence-electron chi connectivity index (χ3n) is 3.85. The number of non-ortho nitro benzene ring substituents is 1. The van der Waals surface area contributed by atoms with E-state index in [1.165, 1.54) is 36.4 Å². The molecule has 0 aliphatic carbocycles. The molecule has 0 fully saturated rings. The lowest BCUT2D eigenvalue weighted by Gasteiger charge is -2.02. The summed E-state index contributed by atoms with van der Waals surface area (Å²) < 4.78 is 5.68. The topological polar surface area (TPSA) is 117 Å². The fourth-order valence-electron chi connectivity index (χ4n) is 2.54. The summed E-state index contributed by atoms with van der Waals surface area (Å²) >= 11 is 0. The Balaban J connectivity index is 1.95. The van der Waals surface area contributed by atoms with Crippen molar-refractivity contribution in [3.63, 3.8) is 0 Å². The van der Waals surface area contributed by atoms with E-state index in [1.807, 2.05) is 6.07 Å². The number of hydrogen-bond donors (Lipinski definition) is 1. The fourth-order valence-corrected chi connectivity index (χ4v) is 2.54. The molecule has 0 radical (unpaired) electrons. The number of nitro benzene ring substituents is 1. The van der Waals surface area contributed by atoms with Gasteiger partial charge in [-0.1, -0.05) is 18.2 Å². The zero-order valence-electron chi connectivity index (χ0n) is 13.8. The second kappa shape index (κ2) is 7.37. The number of carboxylic acids is 1. The summed E-state index contributed by atoms with van der Waals surface area (Å²) in [7, 11) is 0. The number of nitro groups is 1. The molecule has 0 unspecified atom stereocenters. The van der Waals surface area contributed by atoms with Gasteiger partial charge < -0.3 is 9.52 Å². The maximum absolute atomic E-state index is 11.3. The van der Waals surface area contributed by atoms with Gasteiger partial charge >= 0.3 is 5.97 Å². The van der Waals surface area contributed by atoms with Gasteiger partial charge in [-0.2, -0.15) is 5.26 Å². The van der Waals surface area contributed by atoms with Gasteiger partial charge in [-0.3, -0.25) is 10.1 Å². The molecular formula is C20H12N2O5. The van der Waals surface area contributed by atoms with E-state index in [4.69, 9.17) is 4.42 Å². The van der Waals surface area contributed by atoms with Gasteiger partial charge in [-0.15, -0.1) is 0 Å². The van der Waals surface area contributed by atoms with Gasteiger partial charge in [0.2, 0.25) is 0 Å². The van der Waals surface area contributed by atoms with Gasteiger partial charge in [-0.05, 0) is 42.0 Å². The van der Waals surface area contributed by atoms with Crippen molar-refractivity contribution < 1.29 is 19.2 Å². The van der Waals surface area contributed by atoms with Crippen LogP contribution in [-0.4, -0.2) is 16.0 Å². The number of nitriles is 1. The molecule has 1 heterocycles. The number of carbonyl (C=O) groups is 1. The minimum atomic E-state index is -1.07. The van der Waals surface area contributed by atoms with E-state index >= 15 is 0 Å². The molecule has 1 N–H and O–H groups in total. The predicted octanol–water partition coefficient (Wildman–Crippen LogP) is 4.62. The second-order valence-corrected chi connectivity index (χ2v) is 5.53. The number of carboxylic acid groups (broad SMARTS) is 1. The Hall–Kier alpha value is -4.18. The van der Waals surface area contributed by atoms with Crippen molar-refractivity contribution in [2.75, 3.05) is 0 Å². The Morgan fingerprint density at radius 1 is 1.11 bits per heavy atom. The molecule has 3 rings (SSSR count). The Labute approximate surface area is 153 Å². The highest BCUT2D eigenvalue weighted by Gasteiger charge is 2.14. The van der Waals surface area contributed by atoms with Gasteiger partial charge in [0.15, 0.2) is 0 Å². The minimum Gasteiger partial charge on any atom is -0.478 e. The molecule has 0 aliphatic rings. The molecule has 3 aromatic rings. The van der Waals surface area contributed by atoms with Crippen molar-refractivity contribution in [3.8, 4) is 17.4 Å². The molecule has 7 heteroatoms. The smallest absolute Gasteiger partial charge is 0.336 e. The molecule has 27 heavy (non-hydrogen) atoms. The van der Waals surface area contributed by atoms with E-state index in [-0.39, 0.29) is 16.8 Å². The average Bonchev–Trinajstić information content (AvgIpc) is 3.14. The van der Waals surface area contributed by atoms with Crippen molar-refractivity contribution >= 4 is 23.3 Å². The second-order valence-electron chi connectivity index (χ2n) is 5.53. The highest BCUT2D eigenvalue weighted by Crippen LogP contribution is 2.28. The van der Waals surface area contributed by atoms with E-state index in [0.717, 1.165) is 0 Å². The van der Waals surface area contributed by atoms with E-state index in [2.05, 4.69) is 0 Å². The number of benzene rings is 2. The normalized spacial score (nSPS) is 11.0. The Morgan fingerprint density at radius 2 is 1.81 bits per heavy atom. The summed E-state index contributed by atoms with van der Waals surface area (Å²) in [6, 6.07) is 17.3. The first-order chi connectivity index (χ1) is 13.0. The number of furan rings is 1. The Morgan fingerprint density at radius 3 is 2.44 bits per heavy atom. The zero-order chi connectivity index (χ0) is 19.4. The summed E-state index contributed by atoms with van der Waals surface area (Å²) in [6.07, 6.45) is 1.49. The third kappa shape index (κ3) is 3.75. The quantitative estimate of drug-likeness (QED) is 0.403.